The predicted molar refractivity (Wildman–Crippen MR) is 138 cm³/mol. The minimum absolute atomic E-state index is 0.0141. The molecule has 0 saturated heterocycles. The summed E-state index contributed by atoms with van der Waals surface area (Å²) in [5.41, 5.74) is 18.9. The van der Waals surface area contributed by atoms with E-state index in [1.807, 2.05) is 6.07 Å². The number of aromatic nitrogens is 1. The van der Waals surface area contributed by atoms with Crippen molar-refractivity contribution in [3.8, 4) is 17.2 Å². The lowest BCUT2D eigenvalue weighted by Crippen LogP contribution is -2.40. The lowest BCUT2D eigenvalue weighted by molar-refractivity contribution is 0.0674. The average Bonchev–Trinajstić information content (AvgIpc) is 3.20. The average molecular weight is 525 g/mol. The number of nitrogens with zero attached hydrogens (tertiary/aromatic N) is 3. The van der Waals surface area contributed by atoms with Crippen LogP contribution >= 0.6 is 22.9 Å². The van der Waals surface area contributed by atoms with Gasteiger partial charge in [0.05, 0.1) is 32.6 Å². The second kappa shape index (κ2) is 8.62. The van der Waals surface area contributed by atoms with E-state index in [0.29, 0.717) is 23.4 Å². The van der Waals surface area contributed by atoms with Gasteiger partial charge in [-0.15, -0.1) is 11.3 Å². The lowest BCUT2D eigenvalue weighted by Gasteiger charge is -2.35. The first kappa shape index (κ1) is 23.8. The van der Waals surface area contributed by atoms with Gasteiger partial charge in [-0.25, -0.2) is 13.8 Å². The normalized spacial score (nSPS) is 14.1. The highest BCUT2D eigenvalue weighted by atomic mass is 35.5. The molecule has 1 aliphatic rings. The number of nitrogen functional groups attached to an aromatic ring is 3. The molecule has 11 heteroatoms. The summed E-state index contributed by atoms with van der Waals surface area (Å²) in [4.78, 5) is 19.2. The summed E-state index contributed by atoms with van der Waals surface area (Å²) in [6.07, 6.45) is 1.85. The maximum atomic E-state index is 15.9. The molecule has 0 unspecified atom stereocenters. The topological polar surface area (TPSA) is 135 Å². The molecule has 0 aliphatic carbocycles. The van der Waals surface area contributed by atoms with Gasteiger partial charge in [-0.1, -0.05) is 23.7 Å². The van der Waals surface area contributed by atoms with E-state index in [1.165, 1.54) is 6.07 Å². The smallest absolute Gasteiger partial charge is 0.256 e. The second-order valence-corrected chi connectivity index (χ2v) is 9.85. The fourth-order valence-corrected chi connectivity index (χ4v) is 6.11. The van der Waals surface area contributed by atoms with Crippen molar-refractivity contribution in [1.82, 2.24) is 9.88 Å². The number of pyridine rings is 1. The van der Waals surface area contributed by atoms with Crippen LogP contribution in [0.3, 0.4) is 0 Å². The molecule has 1 amide bonds. The number of nitriles is 1. The van der Waals surface area contributed by atoms with Crippen molar-refractivity contribution in [2.45, 2.75) is 19.4 Å². The fraction of sp³-hybridized carbons (Fsp3) is 0.160. The Balaban J connectivity index is 1.69. The van der Waals surface area contributed by atoms with Crippen LogP contribution in [0.2, 0.25) is 5.02 Å². The minimum atomic E-state index is -0.927. The SMILES string of the molecule is C[C@H](c1cccnc1N)N1CCc2c(Cl)c(-c3ccc(F)c4sc(N)c(C#N)c34)c(F)c(N)c2C1=O. The van der Waals surface area contributed by atoms with Crippen LogP contribution in [-0.2, 0) is 6.42 Å². The highest BCUT2D eigenvalue weighted by molar-refractivity contribution is 7.23. The van der Waals surface area contributed by atoms with E-state index in [9.17, 15) is 14.4 Å². The predicted octanol–water partition coefficient (Wildman–Crippen LogP) is 5.27. The van der Waals surface area contributed by atoms with Gasteiger partial charge in [-0.3, -0.25) is 4.79 Å². The summed E-state index contributed by atoms with van der Waals surface area (Å²) in [6.45, 7) is 2.08. The molecule has 4 aromatic rings. The summed E-state index contributed by atoms with van der Waals surface area (Å²) >= 11 is 7.61. The van der Waals surface area contributed by atoms with Crippen molar-refractivity contribution >= 4 is 55.4 Å². The molecule has 0 spiro atoms. The number of halogens is 3. The number of amides is 1. The number of fused-ring (bicyclic) bond motifs is 2. The maximum Gasteiger partial charge on any atom is 0.256 e. The molecule has 182 valence electrons. The van der Waals surface area contributed by atoms with Crippen LogP contribution in [0.15, 0.2) is 30.5 Å². The number of anilines is 3. The highest BCUT2D eigenvalue weighted by Gasteiger charge is 2.36. The molecular weight excluding hydrogens is 506 g/mol. The molecule has 0 bridgehead atoms. The molecule has 2 aromatic carbocycles. The van der Waals surface area contributed by atoms with Crippen molar-refractivity contribution in [3.05, 3.63) is 69.4 Å². The number of hydrogen-bond acceptors (Lipinski definition) is 7. The summed E-state index contributed by atoms with van der Waals surface area (Å²) in [5, 5.41) is 9.87. The van der Waals surface area contributed by atoms with Crippen molar-refractivity contribution < 1.29 is 13.6 Å². The number of hydrogen-bond donors (Lipinski definition) is 3. The monoisotopic (exact) mass is 524 g/mol. The third kappa shape index (κ3) is 3.35. The quantitative estimate of drug-likeness (QED) is 0.312. The van der Waals surface area contributed by atoms with E-state index >= 15 is 4.39 Å². The van der Waals surface area contributed by atoms with E-state index in [2.05, 4.69) is 4.98 Å². The highest BCUT2D eigenvalue weighted by Crippen LogP contribution is 2.47. The molecule has 0 saturated carbocycles. The van der Waals surface area contributed by atoms with Gasteiger partial charge in [-0.2, -0.15) is 5.26 Å². The van der Waals surface area contributed by atoms with Crippen LogP contribution in [0.1, 0.15) is 40.0 Å². The van der Waals surface area contributed by atoms with Crippen LogP contribution < -0.4 is 17.2 Å². The molecule has 6 N–H and O–H groups in total. The van der Waals surface area contributed by atoms with Gasteiger partial charge in [0.1, 0.15) is 22.7 Å². The Morgan fingerprint density at radius 2 is 1.97 bits per heavy atom. The van der Waals surface area contributed by atoms with Gasteiger partial charge in [-0.05, 0) is 36.6 Å². The largest absolute Gasteiger partial charge is 0.396 e. The van der Waals surface area contributed by atoms with Gasteiger partial charge < -0.3 is 22.1 Å². The Labute approximate surface area is 213 Å². The van der Waals surface area contributed by atoms with Crippen molar-refractivity contribution in [3.63, 3.8) is 0 Å². The van der Waals surface area contributed by atoms with Gasteiger partial charge in [0.2, 0.25) is 0 Å². The number of thiophene rings is 1. The van der Waals surface area contributed by atoms with E-state index < -0.39 is 23.6 Å². The van der Waals surface area contributed by atoms with Crippen LogP contribution in [0.5, 0.6) is 0 Å². The van der Waals surface area contributed by atoms with Crippen LogP contribution in [0, 0.1) is 23.0 Å². The summed E-state index contributed by atoms with van der Waals surface area (Å²) in [5.74, 6) is -1.72. The first-order valence-corrected chi connectivity index (χ1v) is 12.1. The molecule has 36 heavy (non-hydrogen) atoms. The second-order valence-electron chi connectivity index (χ2n) is 8.42. The first-order chi connectivity index (χ1) is 17.2. The van der Waals surface area contributed by atoms with E-state index in [0.717, 1.165) is 17.4 Å². The Morgan fingerprint density at radius 3 is 2.67 bits per heavy atom. The molecule has 1 aliphatic heterocycles. The van der Waals surface area contributed by atoms with E-state index in [1.54, 1.807) is 30.2 Å². The molecular formula is C25H19ClF2N6OS. The number of benzene rings is 2. The third-order valence-corrected chi connectivity index (χ3v) is 8.02. The third-order valence-electron chi connectivity index (χ3n) is 6.58. The molecule has 0 fully saturated rings. The standard InChI is InChI=1S/C25H19ClF2N6OS/c1-10(11-3-2-7-33-23(11)31)34-8-6-13-18(25(34)35)21(30)20(28)17(19(13)26)12-4-5-15(27)22-16(12)14(9-29)24(32)36-22/h2-5,7,10H,6,8,30,32H2,1H3,(H2,31,33)/t10-/m1/s1. The van der Waals surface area contributed by atoms with Gasteiger partial charge in [0.15, 0.2) is 5.82 Å². The number of rotatable bonds is 3. The molecule has 1 atom stereocenters. The van der Waals surface area contributed by atoms with Gasteiger partial charge in [0.25, 0.3) is 5.91 Å². The lowest BCUT2D eigenvalue weighted by atomic mass is 9.89. The van der Waals surface area contributed by atoms with Crippen molar-refractivity contribution in [2.24, 2.45) is 0 Å². The summed E-state index contributed by atoms with van der Waals surface area (Å²) in [6, 6.07) is 7.51. The zero-order chi connectivity index (χ0) is 25.9. The molecule has 0 radical (unpaired) electrons. The van der Waals surface area contributed by atoms with Crippen molar-refractivity contribution in [2.75, 3.05) is 23.7 Å². The maximum absolute atomic E-state index is 15.9. The Bertz CT molecular complexity index is 1630. The Hall–Kier alpha value is -3.94. The zero-order valence-corrected chi connectivity index (χ0v) is 20.5. The summed E-state index contributed by atoms with van der Waals surface area (Å²) < 4.78 is 30.5. The van der Waals surface area contributed by atoms with E-state index in [-0.39, 0.29) is 54.6 Å². The van der Waals surface area contributed by atoms with Crippen LogP contribution in [0.25, 0.3) is 21.2 Å². The summed E-state index contributed by atoms with van der Waals surface area (Å²) in [7, 11) is 0. The number of nitrogens with two attached hydrogens (primary N) is 3. The number of carbonyl (C=O) groups excluding carboxylic acids is 1. The molecule has 3 heterocycles. The molecule has 5 rings (SSSR count). The fourth-order valence-electron chi connectivity index (χ4n) is 4.79. The van der Waals surface area contributed by atoms with Crippen molar-refractivity contribution in [1.29, 1.82) is 5.26 Å². The zero-order valence-electron chi connectivity index (χ0n) is 18.9. The van der Waals surface area contributed by atoms with Gasteiger partial charge in [0, 0.05) is 29.3 Å². The van der Waals surface area contributed by atoms with Crippen LogP contribution in [-0.4, -0.2) is 22.3 Å². The number of carbonyl (C=O) groups is 1. The minimum Gasteiger partial charge on any atom is -0.396 e. The molecule has 7 nitrogen and oxygen atoms in total. The Morgan fingerprint density at radius 1 is 1.22 bits per heavy atom. The first-order valence-electron chi connectivity index (χ1n) is 10.9. The van der Waals surface area contributed by atoms with Crippen LogP contribution in [0.4, 0.5) is 25.3 Å². The van der Waals surface area contributed by atoms with Gasteiger partial charge >= 0.3 is 0 Å². The van der Waals surface area contributed by atoms with E-state index in [4.69, 9.17) is 28.8 Å². The Kier molecular flexibility index (Phi) is 5.70. The molecule has 2 aromatic heterocycles.